The van der Waals surface area contributed by atoms with E-state index in [-0.39, 0.29) is 0 Å². The fraction of sp³-hybridized carbons (Fsp3) is 0.385. The third kappa shape index (κ3) is 2.30. The van der Waals surface area contributed by atoms with Crippen molar-refractivity contribution in [1.29, 1.82) is 0 Å². The van der Waals surface area contributed by atoms with E-state index in [2.05, 4.69) is 18.9 Å². The maximum Gasteiger partial charge on any atom is 0.336 e. The molecule has 0 aliphatic carbocycles. The minimum atomic E-state index is -0.904. The summed E-state index contributed by atoms with van der Waals surface area (Å²) in [6, 6.07) is 5.29. The van der Waals surface area contributed by atoms with Crippen LogP contribution < -0.4 is 0 Å². The minimum absolute atomic E-state index is 0.318. The highest BCUT2D eigenvalue weighted by molar-refractivity contribution is 6.02. The van der Waals surface area contributed by atoms with Crippen LogP contribution in [0.4, 0.5) is 0 Å². The number of hydrogen-bond acceptors (Lipinski definition) is 2. The van der Waals surface area contributed by atoms with Gasteiger partial charge < -0.3 is 5.11 Å². The van der Waals surface area contributed by atoms with Gasteiger partial charge in [0.1, 0.15) is 0 Å². The molecule has 4 heteroatoms. The average molecular weight is 232 g/mol. The smallest absolute Gasteiger partial charge is 0.336 e. The number of aryl methyl sites for hydroxylation is 1. The highest BCUT2D eigenvalue weighted by Gasteiger charge is 2.11. The molecule has 0 saturated heterocycles. The van der Waals surface area contributed by atoms with E-state index in [4.69, 9.17) is 5.11 Å². The van der Waals surface area contributed by atoms with Crippen molar-refractivity contribution in [2.45, 2.75) is 26.8 Å². The molecule has 90 valence electrons. The molecule has 0 aliphatic heterocycles. The Morgan fingerprint density at radius 1 is 1.47 bits per heavy atom. The molecule has 0 radical (unpaired) electrons. The summed E-state index contributed by atoms with van der Waals surface area (Å²) in [6.45, 7) is 5.15. The summed E-state index contributed by atoms with van der Waals surface area (Å²) >= 11 is 0. The summed E-state index contributed by atoms with van der Waals surface area (Å²) in [4.78, 5) is 11.1. The Morgan fingerprint density at radius 3 is 2.88 bits per heavy atom. The van der Waals surface area contributed by atoms with E-state index in [1.165, 1.54) is 0 Å². The SMILES string of the molecule is CC(C)CCn1ncc2c(C(=O)O)cccc21. The first-order valence-electron chi connectivity index (χ1n) is 5.77. The van der Waals surface area contributed by atoms with Crippen molar-refractivity contribution < 1.29 is 9.90 Å². The Kier molecular flexibility index (Phi) is 3.13. The molecule has 2 aromatic rings. The number of aromatic nitrogens is 2. The van der Waals surface area contributed by atoms with E-state index in [9.17, 15) is 4.79 Å². The zero-order valence-electron chi connectivity index (χ0n) is 10.1. The van der Waals surface area contributed by atoms with Gasteiger partial charge in [0.25, 0.3) is 0 Å². The van der Waals surface area contributed by atoms with Crippen LogP contribution in [0, 0.1) is 5.92 Å². The molecule has 4 nitrogen and oxygen atoms in total. The van der Waals surface area contributed by atoms with E-state index >= 15 is 0 Å². The van der Waals surface area contributed by atoms with Crippen LogP contribution in [0.5, 0.6) is 0 Å². The molecule has 0 saturated carbocycles. The summed E-state index contributed by atoms with van der Waals surface area (Å²) < 4.78 is 1.88. The van der Waals surface area contributed by atoms with Gasteiger partial charge in [0.15, 0.2) is 0 Å². The van der Waals surface area contributed by atoms with Crippen molar-refractivity contribution >= 4 is 16.9 Å². The van der Waals surface area contributed by atoms with E-state index in [1.807, 2.05) is 10.7 Å². The van der Waals surface area contributed by atoms with Gasteiger partial charge in [-0.15, -0.1) is 0 Å². The van der Waals surface area contributed by atoms with Crippen LogP contribution in [0.2, 0.25) is 0 Å². The molecule has 0 aliphatic rings. The summed E-state index contributed by atoms with van der Waals surface area (Å²) in [5.74, 6) is -0.295. The Hall–Kier alpha value is -1.84. The highest BCUT2D eigenvalue weighted by Crippen LogP contribution is 2.19. The van der Waals surface area contributed by atoms with Crippen LogP contribution in [0.25, 0.3) is 10.9 Å². The van der Waals surface area contributed by atoms with Crippen LogP contribution in [0.15, 0.2) is 24.4 Å². The minimum Gasteiger partial charge on any atom is -0.478 e. The predicted molar refractivity (Wildman–Crippen MR) is 66.1 cm³/mol. The van der Waals surface area contributed by atoms with Crippen LogP contribution in [-0.4, -0.2) is 20.9 Å². The average Bonchev–Trinajstić information content (AvgIpc) is 2.68. The summed E-state index contributed by atoms with van der Waals surface area (Å²) in [7, 11) is 0. The van der Waals surface area contributed by atoms with Crippen LogP contribution in [0.1, 0.15) is 30.6 Å². The van der Waals surface area contributed by atoms with Crippen LogP contribution in [0.3, 0.4) is 0 Å². The molecule has 1 aromatic carbocycles. The van der Waals surface area contributed by atoms with Crippen molar-refractivity contribution in [2.75, 3.05) is 0 Å². The first-order valence-corrected chi connectivity index (χ1v) is 5.77. The number of aromatic carboxylic acids is 1. The molecular weight excluding hydrogens is 216 g/mol. The molecule has 0 fully saturated rings. The number of carboxylic acid groups (broad SMARTS) is 1. The number of hydrogen-bond donors (Lipinski definition) is 1. The van der Waals surface area contributed by atoms with E-state index in [0.29, 0.717) is 16.9 Å². The van der Waals surface area contributed by atoms with Gasteiger partial charge >= 0.3 is 5.97 Å². The molecule has 17 heavy (non-hydrogen) atoms. The topological polar surface area (TPSA) is 55.1 Å². The van der Waals surface area contributed by atoms with Crippen molar-refractivity contribution in [1.82, 2.24) is 9.78 Å². The number of fused-ring (bicyclic) bond motifs is 1. The Balaban J connectivity index is 2.40. The molecule has 0 amide bonds. The Morgan fingerprint density at radius 2 is 2.24 bits per heavy atom. The van der Waals surface area contributed by atoms with Gasteiger partial charge in [0.05, 0.1) is 17.3 Å². The largest absolute Gasteiger partial charge is 0.478 e. The lowest BCUT2D eigenvalue weighted by Crippen LogP contribution is -2.03. The molecule has 1 N–H and O–H groups in total. The standard InChI is InChI=1S/C13H16N2O2/c1-9(2)6-7-15-12-5-3-4-10(13(16)17)11(12)8-14-15/h3-5,8-9H,6-7H2,1-2H3,(H,16,17). The van der Waals surface area contributed by atoms with Crippen LogP contribution in [-0.2, 0) is 6.54 Å². The van der Waals surface area contributed by atoms with E-state index < -0.39 is 5.97 Å². The number of carboxylic acids is 1. The lowest BCUT2D eigenvalue weighted by atomic mass is 10.1. The fourth-order valence-electron chi connectivity index (χ4n) is 1.85. The molecular formula is C13H16N2O2. The van der Waals surface area contributed by atoms with Crippen molar-refractivity contribution in [3.8, 4) is 0 Å². The van der Waals surface area contributed by atoms with Crippen LogP contribution >= 0.6 is 0 Å². The third-order valence-electron chi connectivity index (χ3n) is 2.84. The lowest BCUT2D eigenvalue weighted by Gasteiger charge is -2.06. The lowest BCUT2D eigenvalue weighted by molar-refractivity contribution is 0.0699. The Bertz CT molecular complexity index is 543. The van der Waals surface area contributed by atoms with Gasteiger partial charge in [-0.1, -0.05) is 19.9 Å². The second kappa shape index (κ2) is 4.57. The number of carbonyl (C=O) groups is 1. The molecule has 0 bridgehead atoms. The van der Waals surface area contributed by atoms with Gasteiger partial charge in [0, 0.05) is 11.9 Å². The van der Waals surface area contributed by atoms with Gasteiger partial charge in [-0.3, -0.25) is 4.68 Å². The van der Waals surface area contributed by atoms with E-state index in [1.54, 1.807) is 18.3 Å². The molecule has 0 atom stereocenters. The summed E-state index contributed by atoms with van der Waals surface area (Å²) in [5.41, 5.74) is 1.21. The zero-order chi connectivity index (χ0) is 12.4. The summed E-state index contributed by atoms with van der Waals surface area (Å²) in [6.07, 6.45) is 2.67. The Labute approximate surface area is 99.9 Å². The second-order valence-electron chi connectivity index (χ2n) is 4.59. The zero-order valence-corrected chi connectivity index (χ0v) is 10.1. The molecule has 0 unspecified atom stereocenters. The maximum absolute atomic E-state index is 11.1. The first-order chi connectivity index (χ1) is 8.09. The monoisotopic (exact) mass is 232 g/mol. The molecule has 0 spiro atoms. The first kappa shape index (κ1) is 11.6. The maximum atomic E-state index is 11.1. The van der Waals surface area contributed by atoms with Gasteiger partial charge in [-0.2, -0.15) is 5.10 Å². The summed E-state index contributed by atoms with van der Waals surface area (Å²) in [5, 5.41) is 14.0. The third-order valence-corrected chi connectivity index (χ3v) is 2.84. The normalized spacial score (nSPS) is 11.2. The van der Waals surface area contributed by atoms with Crippen molar-refractivity contribution in [3.63, 3.8) is 0 Å². The van der Waals surface area contributed by atoms with Crippen molar-refractivity contribution in [2.24, 2.45) is 5.92 Å². The number of benzene rings is 1. The van der Waals surface area contributed by atoms with E-state index in [0.717, 1.165) is 18.5 Å². The highest BCUT2D eigenvalue weighted by atomic mass is 16.4. The fourth-order valence-corrected chi connectivity index (χ4v) is 1.85. The number of rotatable bonds is 4. The predicted octanol–water partition coefficient (Wildman–Crippen LogP) is 2.78. The molecule has 1 aromatic heterocycles. The second-order valence-corrected chi connectivity index (χ2v) is 4.59. The van der Waals surface area contributed by atoms with Gasteiger partial charge in [0.2, 0.25) is 0 Å². The quantitative estimate of drug-likeness (QED) is 0.881. The molecule has 2 rings (SSSR count). The van der Waals surface area contributed by atoms with Crippen molar-refractivity contribution in [3.05, 3.63) is 30.0 Å². The van der Waals surface area contributed by atoms with Gasteiger partial charge in [-0.25, -0.2) is 4.79 Å². The van der Waals surface area contributed by atoms with Gasteiger partial charge in [-0.05, 0) is 24.5 Å². The number of nitrogens with zero attached hydrogens (tertiary/aromatic N) is 2. The molecule has 1 heterocycles.